The van der Waals surface area contributed by atoms with Crippen LogP contribution in [0.2, 0.25) is 0 Å². The maximum absolute atomic E-state index is 3.30. The second kappa shape index (κ2) is 25.9. The van der Waals surface area contributed by atoms with Gasteiger partial charge in [-0.2, -0.15) is 24.3 Å². The smallest absolute Gasteiger partial charge is 0.147 e. The Balaban J connectivity index is -0.000000234. The average molecular weight is 999 g/mol. The molecule has 4 rings (SSSR count). The Labute approximate surface area is 329 Å². The van der Waals surface area contributed by atoms with Crippen molar-refractivity contribution >= 4 is 31.3 Å². The van der Waals surface area contributed by atoms with Crippen molar-refractivity contribution in [1.29, 1.82) is 0 Å². The van der Waals surface area contributed by atoms with Crippen molar-refractivity contribution in [2.24, 2.45) is 21.7 Å². The van der Waals surface area contributed by atoms with Crippen LogP contribution in [-0.4, -0.2) is 6.51 Å². The number of hydrogen-bond acceptors (Lipinski definition) is 0. The minimum Gasteiger partial charge on any atom is -0.147 e. The zero-order valence-electron chi connectivity index (χ0n) is 32.3. The number of rotatable bonds is 0. The summed E-state index contributed by atoms with van der Waals surface area (Å²) in [6, 6.07) is 0. The first kappa shape index (κ1) is 52.8. The van der Waals surface area contributed by atoms with Gasteiger partial charge in [0.2, 0.25) is 0 Å². The predicted octanol–water partition coefficient (Wildman–Crippen LogP) is 13.2. The van der Waals surface area contributed by atoms with Crippen molar-refractivity contribution in [2.45, 2.75) is 136 Å². The molecule has 0 aromatic heterocycles. The molecule has 0 aliphatic heterocycles. The van der Waals surface area contributed by atoms with Crippen LogP contribution in [0.5, 0.6) is 0 Å². The van der Waals surface area contributed by atoms with Crippen LogP contribution < -0.4 is 0 Å². The molecule has 0 saturated carbocycles. The Morgan fingerprint density at radius 3 is 0.587 bits per heavy atom. The minimum atomic E-state index is 0. The summed E-state index contributed by atoms with van der Waals surface area (Å²) in [7, 11) is 0. The summed E-state index contributed by atoms with van der Waals surface area (Å²) in [6.45, 7) is 35.1. The van der Waals surface area contributed by atoms with Crippen LogP contribution in [0.15, 0.2) is 70.9 Å². The largest absolute Gasteiger partial charge is 0.147 e. The molecule has 0 fully saturated rings. The van der Waals surface area contributed by atoms with Crippen molar-refractivity contribution in [3.63, 3.8) is 0 Å². The molecule has 4 heteroatoms. The summed E-state index contributed by atoms with van der Waals surface area (Å²) in [6.07, 6.45) is 34.5. The zero-order valence-corrected chi connectivity index (χ0v) is 41.1. The minimum absolute atomic E-state index is 0. The molecule has 46 heavy (non-hydrogen) atoms. The molecule has 0 spiro atoms. The molecule has 0 unspecified atom stereocenters. The van der Waals surface area contributed by atoms with Crippen molar-refractivity contribution < 1.29 is 47.8 Å². The van der Waals surface area contributed by atoms with E-state index in [-0.39, 0.29) is 24.8 Å². The molecule has 0 aromatic rings. The summed E-state index contributed by atoms with van der Waals surface area (Å²) in [5, 5.41) is 0. The van der Waals surface area contributed by atoms with Crippen LogP contribution in [0, 0.1) is 46.0 Å². The van der Waals surface area contributed by atoms with E-state index in [0.717, 1.165) is 25.7 Å². The normalized spacial score (nSPS) is 15.6. The SMILES string of the molecule is CC(C)(C)C1=[C-]CC=C1.CC(C)(C)C1=[C-]CC=C1.CC(C)(C)C1=[C-]CC=C1.CC(C)(C)C1=[C-]CC=C1.C[C](C)=[Hf+2].C[C](C)=[Hf+2].Cl.Cl. The molecule has 0 atom stereocenters. The van der Waals surface area contributed by atoms with Gasteiger partial charge in [-0.05, 0) is 21.7 Å². The van der Waals surface area contributed by atoms with E-state index in [2.05, 4.69) is 184 Å². The molecule has 0 amide bonds. The second-order valence-electron chi connectivity index (χ2n) is 15.8. The number of hydrogen-bond donors (Lipinski definition) is 0. The molecule has 0 bridgehead atoms. The van der Waals surface area contributed by atoms with E-state index in [0.29, 0.717) is 21.7 Å². The number of halogens is 2. The maximum Gasteiger partial charge on any atom is -0.147 e. The van der Waals surface area contributed by atoms with Gasteiger partial charge in [0.05, 0.1) is 0 Å². The third kappa shape index (κ3) is 30.1. The first-order chi connectivity index (χ1) is 19.9. The second-order valence-corrected chi connectivity index (χ2v) is 23.0. The quantitative estimate of drug-likeness (QED) is 0.168. The average Bonchev–Trinajstić information content (AvgIpc) is 3.64. The van der Waals surface area contributed by atoms with E-state index in [1.807, 2.05) is 0 Å². The van der Waals surface area contributed by atoms with E-state index in [9.17, 15) is 0 Å². The summed E-state index contributed by atoms with van der Waals surface area (Å²) in [5.41, 5.74) is 6.59. The molecular formula is C42H66Cl2Hf2. The monoisotopic (exact) mass is 1000 g/mol. The Kier molecular flexibility index (Phi) is 29.7. The third-order valence-corrected chi connectivity index (χ3v) is 6.01. The van der Waals surface area contributed by atoms with Gasteiger partial charge >= 0.3 is 82.0 Å². The molecule has 0 heterocycles. The first-order valence-corrected chi connectivity index (χ1v) is 19.6. The molecule has 0 nitrogen and oxygen atoms in total. The summed E-state index contributed by atoms with van der Waals surface area (Å²) in [4.78, 5) is 0. The van der Waals surface area contributed by atoms with E-state index >= 15 is 0 Å². The van der Waals surface area contributed by atoms with Crippen LogP contribution in [0.4, 0.5) is 0 Å². The zero-order chi connectivity index (χ0) is 34.8. The maximum atomic E-state index is 3.30. The third-order valence-electron chi connectivity index (χ3n) is 6.01. The molecule has 0 N–H and O–H groups in total. The van der Waals surface area contributed by atoms with Gasteiger partial charge in [0.25, 0.3) is 0 Å². The molecule has 4 aliphatic rings. The molecule has 0 aromatic carbocycles. The van der Waals surface area contributed by atoms with E-state index < -0.39 is 0 Å². The van der Waals surface area contributed by atoms with Gasteiger partial charge in [0, 0.05) is 0 Å². The molecule has 4 aliphatic carbocycles. The standard InChI is InChI=1S/4C9H13.2C3H6.2ClH.2Hf/c4*1-9(2,3)8-6-4-5-7-8;2*1-3-2;;;;/h4*4,6H,5H2,1-3H3;2*1-2H3;2*1H;;/q4*-1;;;;;2*+2. The van der Waals surface area contributed by atoms with Crippen LogP contribution >= 0.6 is 24.8 Å². The fraction of sp³-hybridized carbons (Fsp3) is 0.571. The first-order valence-electron chi connectivity index (χ1n) is 16.0. The van der Waals surface area contributed by atoms with Gasteiger partial charge in [-0.15, -0.1) is 50.5 Å². The van der Waals surface area contributed by atoms with Crippen LogP contribution in [0.3, 0.4) is 0 Å². The van der Waals surface area contributed by atoms with E-state index in [1.54, 1.807) is 6.51 Å². The van der Waals surface area contributed by atoms with Crippen LogP contribution in [-0.2, 0) is 47.8 Å². The van der Waals surface area contributed by atoms with Gasteiger partial charge in [-0.1, -0.05) is 83.1 Å². The molecular weight excluding hydrogens is 932 g/mol. The van der Waals surface area contributed by atoms with Crippen LogP contribution in [0.25, 0.3) is 0 Å². The summed E-state index contributed by atoms with van der Waals surface area (Å²) in [5.74, 6) is 0. The Hall–Kier alpha value is -0.0197. The van der Waals surface area contributed by atoms with Crippen molar-refractivity contribution in [1.82, 2.24) is 0 Å². The van der Waals surface area contributed by atoms with Crippen molar-refractivity contribution in [2.75, 3.05) is 0 Å². The van der Waals surface area contributed by atoms with Gasteiger partial charge in [0.1, 0.15) is 0 Å². The summed E-state index contributed by atoms with van der Waals surface area (Å²) < 4.78 is 3.11. The molecule has 256 valence electrons. The fourth-order valence-electron chi connectivity index (χ4n) is 3.68. The predicted molar refractivity (Wildman–Crippen MR) is 207 cm³/mol. The van der Waals surface area contributed by atoms with Crippen LogP contribution in [0.1, 0.15) is 136 Å². The van der Waals surface area contributed by atoms with E-state index in [4.69, 9.17) is 0 Å². The topological polar surface area (TPSA) is 0 Å². The van der Waals surface area contributed by atoms with Crippen molar-refractivity contribution in [3.8, 4) is 0 Å². The molecule has 0 saturated heterocycles. The van der Waals surface area contributed by atoms with Gasteiger partial charge < -0.3 is 0 Å². The Bertz CT molecular complexity index is 958. The summed E-state index contributed by atoms with van der Waals surface area (Å²) >= 11 is 2.53. The van der Waals surface area contributed by atoms with Gasteiger partial charge in [-0.25, -0.2) is 46.6 Å². The van der Waals surface area contributed by atoms with E-state index in [1.165, 1.54) is 70.1 Å². The van der Waals surface area contributed by atoms with Crippen molar-refractivity contribution in [3.05, 3.63) is 95.2 Å². The number of allylic oxidation sites excluding steroid dienone is 16. The Morgan fingerprint density at radius 2 is 0.543 bits per heavy atom. The van der Waals surface area contributed by atoms with Gasteiger partial charge in [-0.3, -0.25) is 24.3 Å². The molecule has 0 radical (unpaired) electrons. The Morgan fingerprint density at radius 1 is 0.413 bits per heavy atom. The fourth-order valence-corrected chi connectivity index (χ4v) is 3.68. The van der Waals surface area contributed by atoms with Gasteiger partial charge in [0.15, 0.2) is 0 Å².